The molecule has 2 aromatic heterocycles. The molecule has 0 bridgehead atoms. The van der Waals surface area contributed by atoms with Gasteiger partial charge in [-0.3, -0.25) is 28.9 Å². The summed E-state index contributed by atoms with van der Waals surface area (Å²) in [5, 5.41) is 5.00. The fraction of sp³-hybridized carbons (Fsp3) is 0.514. The molecule has 17 heteroatoms. The SMILES string of the molecule is CCc1nc2ccc(F)cc2nc1OC1CC2C(=O)NC3(C(=O)NS(=O)(=O)C4CC4)CC3/C=C\CCCCCC(NC(=O)c3cnc(C)cn3)C(=O)N2C1. The van der Waals surface area contributed by atoms with E-state index in [4.69, 9.17) is 4.74 Å². The van der Waals surface area contributed by atoms with Gasteiger partial charge < -0.3 is 20.3 Å². The summed E-state index contributed by atoms with van der Waals surface area (Å²) in [6.45, 7) is 3.51. The van der Waals surface area contributed by atoms with Crippen LogP contribution in [0.25, 0.3) is 11.0 Å². The van der Waals surface area contributed by atoms with E-state index in [2.05, 4.69) is 35.3 Å². The first-order valence-electron chi connectivity index (χ1n) is 18.4. The molecule has 0 spiro atoms. The number of amides is 4. The molecule has 4 aliphatic rings. The summed E-state index contributed by atoms with van der Waals surface area (Å²) in [4.78, 5) is 74.7. The van der Waals surface area contributed by atoms with Crippen molar-refractivity contribution < 1.29 is 36.7 Å². The van der Waals surface area contributed by atoms with Crippen molar-refractivity contribution in [3.63, 3.8) is 0 Å². The molecule has 1 saturated heterocycles. The number of halogens is 1. The van der Waals surface area contributed by atoms with Gasteiger partial charge in [-0.15, -0.1) is 0 Å². The molecule has 5 unspecified atom stereocenters. The van der Waals surface area contributed by atoms with E-state index in [1.54, 1.807) is 6.92 Å². The summed E-state index contributed by atoms with van der Waals surface area (Å²) >= 11 is 0. The average Bonchev–Trinajstić information content (AvgIpc) is 4.07. The predicted molar refractivity (Wildman–Crippen MR) is 193 cm³/mol. The number of aryl methyl sites for hydroxylation is 2. The average molecular weight is 763 g/mol. The molecule has 4 amide bonds. The number of sulfonamides is 1. The fourth-order valence-corrected chi connectivity index (χ4v) is 8.48. The summed E-state index contributed by atoms with van der Waals surface area (Å²) in [7, 11) is -3.91. The maximum absolute atomic E-state index is 14.5. The van der Waals surface area contributed by atoms with Crippen LogP contribution in [0.2, 0.25) is 0 Å². The molecule has 2 saturated carbocycles. The van der Waals surface area contributed by atoms with Crippen molar-refractivity contribution in [1.82, 2.24) is 40.2 Å². The van der Waals surface area contributed by atoms with Gasteiger partial charge in [-0.25, -0.2) is 27.8 Å². The molecule has 1 aromatic carbocycles. The molecule has 15 nitrogen and oxygen atoms in total. The van der Waals surface area contributed by atoms with Crippen molar-refractivity contribution in [1.29, 1.82) is 0 Å². The lowest BCUT2D eigenvalue weighted by molar-refractivity contribution is -0.141. The fourth-order valence-electron chi connectivity index (χ4n) is 7.12. The van der Waals surface area contributed by atoms with Crippen molar-refractivity contribution >= 4 is 44.7 Å². The van der Waals surface area contributed by atoms with E-state index in [0.29, 0.717) is 49.0 Å². The topological polar surface area (TPSA) is 203 Å². The largest absolute Gasteiger partial charge is 0.471 e. The second kappa shape index (κ2) is 15.0. The number of carbonyl (C=O) groups excluding carboxylic acids is 4. The number of ether oxygens (including phenoxy) is 1. The molecule has 4 heterocycles. The maximum Gasteiger partial charge on any atom is 0.272 e. The summed E-state index contributed by atoms with van der Waals surface area (Å²) in [5.74, 6) is -3.45. The van der Waals surface area contributed by atoms with Crippen LogP contribution in [0, 0.1) is 18.7 Å². The van der Waals surface area contributed by atoms with Crippen LogP contribution in [0.5, 0.6) is 5.88 Å². The third kappa shape index (κ3) is 7.91. The third-order valence-corrected chi connectivity index (χ3v) is 12.3. The van der Waals surface area contributed by atoms with Gasteiger partial charge in [0.25, 0.3) is 11.8 Å². The zero-order chi connectivity index (χ0) is 38.2. The first-order chi connectivity index (χ1) is 25.9. The summed E-state index contributed by atoms with van der Waals surface area (Å²) < 4.78 is 48.3. The molecular weight excluding hydrogens is 720 g/mol. The van der Waals surface area contributed by atoms with E-state index in [1.807, 2.05) is 19.1 Å². The van der Waals surface area contributed by atoms with Gasteiger partial charge in [-0.05, 0) is 64.0 Å². The lowest BCUT2D eigenvalue weighted by atomic mass is 10.0. The van der Waals surface area contributed by atoms with Gasteiger partial charge in [-0.2, -0.15) is 0 Å². The van der Waals surface area contributed by atoms with Gasteiger partial charge in [0, 0.05) is 24.6 Å². The van der Waals surface area contributed by atoms with Gasteiger partial charge in [-0.1, -0.05) is 31.9 Å². The van der Waals surface area contributed by atoms with E-state index in [-0.39, 0.29) is 42.9 Å². The molecule has 2 aliphatic heterocycles. The Balaban J connectivity index is 1.20. The minimum atomic E-state index is -3.91. The van der Waals surface area contributed by atoms with Crippen LogP contribution >= 0.6 is 0 Å². The lowest BCUT2D eigenvalue weighted by Gasteiger charge is -2.29. The van der Waals surface area contributed by atoms with Gasteiger partial charge in [0.2, 0.25) is 27.7 Å². The van der Waals surface area contributed by atoms with Crippen LogP contribution in [0.3, 0.4) is 0 Å². The molecule has 3 aromatic rings. The van der Waals surface area contributed by atoms with E-state index in [1.165, 1.54) is 35.5 Å². The number of aromatic nitrogens is 4. The zero-order valence-electron chi connectivity index (χ0n) is 30.1. The predicted octanol–water partition coefficient (Wildman–Crippen LogP) is 2.58. The van der Waals surface area contributed by atoms with Gasteiger partial charge >= 0.3 is 0 Å². The third-order valence-electron chi connectivity index (χ3n) is 10.4. The molecule has 0 radical (unpaired) electrons. The van der Waals surface area contributed by atoms with Crippen LogP contribution in [0.4, 0.5) is 4.39 Å². The van der Waals surface area contributed by atoms with Crippen molar-refractivity contribution in [3.8, 4) is 5.88 Å². The van der Waals surface area contributed by atoms with Crippen molar-refractivity contribution in [2.45, 2.75) is 107 Å². The molecule has 7 rings (SSSR count). The number of carbonyl (C=O) groups is 4. The second-order valence-corrected chi connectivity index (χ2v) is 16.5. The molecule has 3 N–H and O–H groups in total. The summed E-state index contributed by atoms with van der Waals surface area (Å²) in [6.07, 6.45) is 10.3. The van der Waals surface area contributed by atoms with Crippen LogP contribution in [0.15, 0.2) is 42.7 Å². The number of rotatable bonds is 8. The Bertz CT molecular complexity index is 2110. The minimum Gasteiger partial charge on any atom is -0.471 e. The Hall–Kier alpha value is -5.06. The number of nitrogens with zero attached hydrogens (tertiary/aromatic N) is 5. The monoisotopic (exact) mass is 762 g/mol. The lowest BCUT2D eigenvalue weighted by Crippen LogP contribution is -2.58. The van der Waals surface area contributed by atoms with Crippen molar-refractivity contribution in [3.05, 3.63) is 65.6 Å². The highest BCUT2D eigenvalue weighted by Crippen LogP contribution is 2.46. The van der Waals surface area contributed by atoms with E-state index in [9.17, 15) is 32.0 Å². The highest BCUT2D eigenvalue weighted by Gasteiger charge is 2.62. The van der Waals surface area contributed by atoms with Gasteiger partial charge in [0.1, 0.15) is 40.9 Å². The highest BCUT2D eigenvalue weighted by molar-refractivity contribution is 7.91. The van der Waals surface area contributed by atoms with Crippen LogP contribution in [-0.4, -0.2) is 92.4 Å². The highest BCUT2D eigenvalue weighted by atomic mass is 32.2. The number of hydrogen-bond donors (Lipinski definition) is 3. The Kier molecular flexibility index (Phi) is 10.3. The first-order valence-corrected chi connectivity index (χ1v) is 20.0. The minimum absolute atomic E-state index is 0.0216. The quantitative estimate of drug-likeness (QED) is 0.285. The van der Waals surface area contributed by atoms with E-state index in [0.717, 1.165) is 12.8 Å². The standard InChI is InChI=1S/C37H43FN8O7S/c1-3-26-34(43-29-15-23(38)11-14-27(29)41-26)53-24-16-31-33(48)44-37(36(50)45-54(51,52)25-12-13-25)17-22(37)9-7-5-4-6-8-10-28(35(49)46(31)20-24)42-32(47)30-19-39-21(2)18-40-30/h7,9,11,14-15,18-19,22,24-25,28,31H,3-6,8,10,12-13,16-17,20H2,1-2H3,(H,42,47)(H,44,48)(H,45,50)/b9-7-. The molecule has 2 aliphatic carbocycles. The molecule has 286 valence electrons. The zero-order valence-corrected chi connectivity index (χ0v) is 30.9. The van der Waals surface area contributed by atoms with E-state index >= 15 is 0 Å². The number of allylic oxidation sites excluding steroid dienone is 1. The summed E-state index contributed by atoms with van der Waals surface area (Å²) in [6, 6.07) is 1.84. The van der Waals surface area contributed by atoms with E-state index < -0.39 is 74.4 Å². The van der Waals surface area contributed by atoms with Crippen LogP contribution in [0.1, 0.15) is 86.6 Å². The Labute approximate surface area is 312 Å². The maximum atomic E-state index is 14.5. The Morgan fingerprint density at radius 1 is 1.07 bits per heavy atom. The number of benzene rings is 1. The van der Waals surface area contributed by atoms with Crippen LogP contribution in [-0.2, 0) is 30.8 Å². The second-order valence-electron chi connectivity index (χ2n) is 14.5. The normalized spacial score (nSPS) is 26.8. The van der Waals surface area contributed by atoms with Crippen molar-refractivity contribution in [2.24, 2.45) is 5.92 Å². The Morgan fingerprint density at radius 2 is 1.89 bits per heavy atom. The number of hydrogen-bond acceptors (Lipinski definition) is 11. The van der Waals surface area contributed by atoms with Gasteiger partial charge in [0.15, 0.2) is 0 Å². The summed E-state index contributed by atoms with van der Waals surface area (Å²) in [5.41, 5.74) is 0.353. The molecule has 54 heavy (non-hydrogen) atoms. The number of nitrogens with one attached hydrogen (secondary N) is 3. The molecular formula is C37H43FN8O7S. The van der Waals surface area contributed by atoms with Crippen molar-refractivity contribution in [2.75, 3.05) is 6.54 Å². The molecule has 3 fully saturated rings. The number of fused-ring (bicyclic) bond motifs is 3. The Morgan fingerprint density at radius 3 is 2.63 bits per heavy atom. The van der Waals surface area contributed by atoms with Crippen LogP contribution < -0.4 is 20.1 Å². The van der Waals surface area contributed by atoms with Gasteiger partial charge in [0.05, 0.1) is 34.7 Å². The smallest absolute Gasteiger partial charge is 0.272 e. The first kappa shape index (κ1) is 37.3. The molecule has 5 atom stereocenters.